The largest absolute Gasteiger partial charge is 0.466 e. The van der Waals surface area contributed by atoms with Crippen molar-refractivity contribution in [2.45, 2.75) is 39.2 Å². The number of aromatic nitrogens is 1. The molecule has 1 aromatic heterocycles. The van der Waals surface area contributed by atoms with Crippen LogP contribution in [-0.2, 0) is 16.0 Å². The van der Waals surface area contributed by atoms with E-state index < -0.39 is 0 Å². The molecule has 0 aromatic carbocycles. The van der Waals surface area contributed by atoms with Gasteiger partial charge in [0.15, 0.2) is 5.13 Å². The van der Waals surface area contributed by atoms with Crippen LogP contribution in [0, 0.1) is 0 Å². The van der Waals surface area contributed by atoms with Gasteiger partial charge in [-0.25, -0.2) is 4.98 Å². The maximum atomic E-state index is 11.3. The smallest absolute Gasteiger partial charge is 0.306 e. The summed E-state index contributed by atoms with van der Waals surface area (Å²) in [5.74, 6) is -0.158. The fraction of sp³-hybridized carbons (Fsp3) is 0.714. The molecular formula is C14H25N3O2S. The molecule has 0 amide bonds. The van der Waals surface area contributed by atoms with E-state index in [1.807, 2.05) is 12.3 Å². The summed E-state index contributed by atoms with van der Waals surface area (Å²) in [5, 5.41) is 6.32. The van der Waals surface area contributed by atoms with E-state index in [0.29, 0.717) is 25.5 Å². The predicted octanol–water partition coefficient (Wildman–Crippen LogP) is 2.39. The monoisotopic (exact) mass is 299 g/mol. The number of hydrogen-bond donors (Lipinski definition) is 1. The third-order valence-corrected chi connectivity index (χ3v) is 3.64. The highest BCUT2D eigenvalue weighted by Gasteiger charge is 2.08. The number of nitrogens with one attached hydrogen (secondary N) is 1. The van der Waals surface area contributed by atoms with Gasteiger partial charge in [0.2, 0.25) is 0 Å². The van der Waals surface area contributed by atoms with Crippen LogP contribution in [0.3, 0.4) is 0 Å². The number of rotatable bonds is 9. The molecule has 6 heteroatoms. The molecule has 0 spiro atoms. The van der Waals surface area contributed by atoms with Crippen LogP contribution in [0.2, 0.25) is 0 Å². The summed E-state index contributed by atoms with van der Waals surface area (Å²) in [6, 6.07) is 0.390. The fourth-order valence-electron chi connectivity index (χ4n) is 1.69. The van der Waals surface area contributed by atoms with Crippen LogP contribution in [0.25, 0.3) is 0 Å². The van der Waals surface area contributed by atoms with Gasteiger partial charge in [0.25, 0.3) is 0 Å². The predicted molar refractivity (Wildman–Crippen MR) is 83.3 cm³/mol. The van der Waals surface area contributed by atoms with E-state index in [9.17, 15) is 4.79 Å². The molecule has 20 heavy (non-hydrogen) atoms. The summed E-state index contributed by atoms with van der Waals surface area (Å²) < 4.78 is 4.91. The van der Waals surface area contributed by atoms with Crippen molar-refractivity contribution >= 4 is 22.4 Å². The summed E-state index contributed by atoms with van der Waals surface area (Å²) in [5.41, 5.74) is 0.949. The van der Waals surface area contributed by atoms with Gasteiger partial charge in [-0.1, -0.05) is 0 Å². The van der Waals surface area contributed by atoms with Crippen LogP contribution in [0.1, 0.15) is 32.4 Å². The molecular weight excluding hydrogens is 274 g/mol. The van der Waals surface area contributed by atoms with Crippen molar-refractivity contribution in [3.8, 4) is 0 Å². The maximum Gasteiger partial charge on any atom is 0.306 e. The minimum absolute atomic E-state index is 0.158. The molecule has 1 rings (SSSR count). The summed E-state index contributed by atoms with van der Waals surface area (Å²) in [6.45, 7) is 5.46. The third kappa shape index (κ3) is 6.86. The van der Waals surface area contributed by atoms with Gasteiger partial charge in [0.1, 0.15) is 0 Å². The van der Waals surface area contributed by atoms with Crippen LogP contribution in [0.15, 0.2) is 5.38 Å². The fourth-order valence-corrected chi connectivity index (χ4v) is 2.54. The van der Waals surface area contributed by atoms with E-state index in [-0.39, 0.29) is 5.97 Å². The molecule has 0 aliphatic rings. The second kappa shape index (κ2) is 8.92. The van der Waals surface area contributed by atoms with E-state index in [4.69, 9.17) is 4.74 Å². The molecule has 5 nitrogen and oxygen atoms in total. The van der Waals surface area contributed by atoms with E-state index >= 15 is 0 Å². The topological polar surface area (TPSA) is 54.5 Å². The van der Waals surface area contributed by atoms with Crippen molar-refractivity contribution in [3.05, 3.63) is 11.1 Å². The Bertz CT molecular complexity index is 407. The highest BCUT2D eigenvalue weighted by Crippen LogP contribution is 2.18. The standard InChI is InChI=1S/C14H25N3O2S/c1-5-19-13(18)7-6-12-10-20-14(16-12)15-11(2)8-9-17(3)4/h10-11H,5-9H2,1-4H3,(H,15,16). The maximum absolute atomic E-state index is 11.3. The number of thiazole rings is 1. The minimum atomic E-state index is -0.158. The van der Waals surface area contributed by atoms with Crippen molar-refractivity contribution in [2.75, 3.05) is 32.6 Å². The highest BCUT2D eigenvalue weighted by molar-refractivity contribution is 7.13. The Labute approximate surface area is 125 Å². The van der Waals surface area contributed by atoms with Gasteiger partial charge in [0.05, 0.1) is 18.7 Å². The van der Waals surface area contributed by atoms with Gasteiger partial charge in [-0.15, -0.1) is 11.3 Å². The van der Waals surface area contributed by atoms with Crippen molar-refractivity contribution in [3.63, 3.8) is 0 Å². The van der Waals surface area contributed by atoms with E-state index in [0.717, 1.165) is 23.8 Å². The zero-order chi connectivity index (χ0) is 15.0. The Kier molecular flexibility index (Phi) is 7.54. The van der Waals surface area contributed by atoms with Crippen molar-refractivity contribution in [1.29, 1.82) is 0 Å². The molecule has 1 unspecified atom stereocenters. The SMILES string of the molecule is CCOC(=O)CCc1csc(NC(C)CCN(C)C)n1. The molecule has 0 aliphatic heterocycles. The third-order valence-electron chi connectivity index (χ3n) is 2.82. The number of carbonyl (C=O) groups is 1. The molecule has 0 aliphatic carbocycles. The molecule has 0 radical (unpaired) electrons. The van der Waals surface area contributed by atoms with Gasteiger partial charge in [-0.05, 0) is 40.9 Å². The quantitative estimate of drug-likeness (QED) is 0.710. The lowest BCUT2D eigenvalue weighted by Crippen LogP contribution is -2.22. The van der Waals surface area contributed by atoms with Crippen LogP contribution in [0.5, 0.6) is 0 Å². The lowest BCUT2D eigenvalue weighted by molar-refractivity contribution is -0.143. The number of anilines is 1. The average Bonchev–Trinajstić information content (AvgIpc) is 2.82. The Morgan fingerprint density at radius 1 is 1.55 bits per heavy atom. The van der Waals surface area contributed by atoms with E-state index in [1.54, 1.807) is 11.3 Å². The Balaban J connectivity index is 2.33. The molecule has 1 atom stereocenters. The Hall–Kier alpha value is -1.14. The normalized spacial score (nSPS) is 12.4. The first-order valence-electron chi connectivity index (χ1n) is 7.02. The summed E-state index contributed by atoms with van der Waals surface area (Å²) in [4.78, 5) is 17.9. The van der Waals surface area contributed by atoms with Crippen LogP contribution >= 0.6 is 11.3 Å². The number of hydrogen-bond acceptors (Lipinski definition) is 6. The minimum Gasteiger partial charge on any atom is -0.466 e. The lowest BCUT2D eigenvalue weighted by atomic mass is 10.2. The molecule has 0 saturated carbocycles. The van der Waals surface area contributed by atoms with Gasteiger partial charge in [0, 0.05) is 17.8 Å². The van der Waals surface area contributed by atoms with Gasteiger partial charge >= 0.3 is 5.97 Å². The van der Waals surface area contributed by atoms with Crippen LogP contribution < -0.4 is 5.32 Å². The molecule has 0 saturated heterocycles. The lowest BCUT2D eigenvalue weighted by Gasteiger charge is -2.15. The first-order chi connectivity index (χ1) is 9.51. The molecule has 0 fully saturated rings. The molecule has 114 valence electrons. The Morgan fingerprint density at radius 2 is 2.30 bits per heavy atom. The van der Waals surface area contributed by atoms with Gasteiger partial charge in [-0.3, -0.25) is 4.79 Å². The summed E-state index contributed by atoms with van der Waals surface area (Å²) >= 11 is 1.59. The second-order valence-corrected chi connectivity index (χ2v) is 5.94. The molecule has 0 bridgehead atoms. The molecule has 1 aromatic rings. The van der Waals surface area contributed by atoms with Crippen LogP contribution in [0.4, 0.5) is 5.13 Å². The van der Waals surface area contributed by atoms with E-state index in [2.05, 4.69) is 36.2 Å². The first-order valence-corrected chi connectivity index (χ1v) is 7.90. The molecule has 1 heterocycles. The summed E-state index contributed by atoms with van der Waals surface area (Å²) in [6.07, 6.45) is 2.11. The number of ether oxygens (including phenoxy) is 1. The summed E-state index contributed by atoms with van der Waals surface area (Å²) in [7, 11) is 4.15. The van der Waals surface area contributed by atoms with Crippen molar-refractivity contribution in [1.82, 2.24) is 9.88 Å². The van der Waals surface area contributed by atoms with Gasteiger partial charge < -0.3 is 15.0 Å². The van der Waals surface area contributed by atoms with E-state index in [1.165, 1.54) is 0 Å². The zero-order valence-electron chi connectivity index (χ0n) is 12.8. The highest BCUT2D eigenvalue weighted by atomic mass is 32.1. The van der Waals surface area contributed by atoms with Crippen molar-refractivity contribution in [2.24, 2.45) is 0 Å². The van der Waals surface area contributed by atoms with Gasteiger partial charge in [-0.2, -0.15) is 0 Å². The number of esters is 1. The Morgan fingerprint density at radius 3 is 2.95 bits per heavy atom. The average molecular weight is 299 g/mol. The number of carbonyl (C=O) groups excluding carboxylic acids is 1. The first kappa shape index (κ1) is 16.9. The van der Waals surface area contributed by atoms with Crippen molar-refractivity contribution < 1.29 is 9.53 Å². The second-order valence-electron chi connectivity index (χ2n) is 5.09. The van der Waals surface area contributed by atoms with Crippen LogP contribution in [-0.4, -0.2) is 49.1 Å². The number of nitrogens with zero attached hydrogens (tertiary/aromatic N) is 2. The number of aryl methyl sites for hydroxylation is 1. The zero-order valence-corrected chi connectivity index (χ0v) is 13.6. The molecule has 1 N–H and O–H groups in total.